The first-order valence-electron chi connectivity index (χ1n) is 29.9. The number of benzene rings is 1. The van der Waals surface area contributed by atoms with Gasteiger partial charge in [0, 0.05) is 137 Å². The highest BCUT2D eigenvalue weighted by Gasteiger charge is 2.66. The van der Waals surface area contributed by atoms with E-state index in [1.807, 2.05) is 61.5 Å². The van der Waals surface area contributed by atoms with Crippen molar-refractivity contribution >= 4 is 77.3 Å². The fourth-order valence-electron chi connectivity index (χ4n) is 15.2. The van der Waals surface area contributed by atoms with E-state index >= 15 is 0 Å². The number of aliphatic hydroxyl groups is 2. The predicted molar refractivity (Wildman–Crippen MR) is 326 cm³/mol. The number of phenols is 1. The number of aromatic nitrogens is 2. The number of fused-ring (bicyclic) bond motifs is 7. The second-order valence-electron chi connectivity index (χ2n) is 26.3. The molecule has 486 valence electrons. The molecule has 2 saturated heterocycles. The molecule has 7 amide bonds. The second kappa shape index (κ2) is 25.2. The fraction of sp³-hybridized carbons (Fsp3) is 0.617. The van der Waals surface area contributed by atoms with Gasteiger partial charge in [0.05, 0.1) is 41.7 Å². The number of nitrogens with two attached hydrogens (primary N) is 6. The lowest BCUT2D eigenvalue weighted by molar-refractivity contribution is -0.124. The fourth-order valence-corrected chi connectivity index (χ4v) is 16.3. The topological polar surface area (TPSA) is 480 Å². The zero-order chi connectivity index (χ0) is 65.8. The number of imidazole rings is 1. The van der Waals surface area contributed by atoms with Crippen LogP contribution in [0.15, 0.2) is 73.8 Å². The number of aliphatic imine (C=N–C) groups is 3. The van der Waals surface area contributed by atoms with Crippen LogP contribution in [0.4, 0.5) is 0 Å². The summed E-state index contributed by atoms with van der Waals surface area (Å²) < 4.78 is 31.9. The SMILES string of the molecule is CC1=C2N/C(=C\C3=NC(=C(/C)C4=NC(C(CC(N)=O)C4(C)CCC(=O)NCC(C)OP(=O)(O)OC4C(CO)OC(n5cnc6cc(O)ccc65)C4O)C4(C)N=C1C(CCC(N)=O)C4(C)CC(N)=O)/C(CCC(N)=O)C3(C)C)C(CCC(N)=O)C2(C)CC(N)=O. The van der Waals surface area contributed by atoms with E-state index in [1.54, 1.807) is 0 Å². The highest BCUT2D eigenvalue weighted by atomic mass is 31.2. The van der Waals surface area contributed by atoms with Gasteiger partial charge in [-0.05, 0) is 82.7 Å². The Bertz CT molecular complexity index is 3480. The first-order valence-corrected chi connectivity index (χ1v) is 31.4. The number of phosphoric acid groups is 1. The Kier molecular flexibility index (Phi) is 19.2. The maximum absolute atomic E-state index is 14.3. The summed E-state index contributed by atoms with van der Waals surface area (Å²) in [6.07, 6.45) is -4.72. The molecular weight excluding hydrogens is 1170 g/mol. The number of aromatic hydroxyl groups is 1. The smallest absolute Gasteiger partial charge is 0.472 e. The van der Waals surface area contributed by atoms with Crippen molar-refractivity contribution in [3.05, 3.63) is 58.8 Å². The van der Waals surface area contributed by atoms with Gasteiger partial charge in [-0.15, -0.1) is 0 Å². The lowest BCUT2D eigenvalue weighted by atomic mass is 9.55. The largest absolute Gasteiger partial charge is 0.508 e. The monoisotopic (exact) mass is 1260 g/mol. The molecule has 6 aliphatic heterocycles. The molecule has 8 rings (SSSR count). The number of ether oxygens (including phenoxy) is 1. The number of allylic oxidation sites excluding steroid dienone is 6. The summed E-state index contributed by atoms with van der Waals surface area (Å²) >= 11 is 0. The van der Waals surface area contributed by atoms with Crippen LogP contribution in [-0.2, 0) is 51.9 Å². The van der Waals surface area contributed by atoms with Crippen molar-refractivity contribution in [1.82, 2.24) is 20.2 Å². The first kappa shape index (κ1) is 67.7. The van der Waals surface area contributed by atoms with Gasteiger partial charge >= 0.3 is 7.82 Å². The molecule has 1 aromatic heterocycles. The van der Waals surface area contributed by atoms with E-state index < -0.39 is 143 Å². The number of hydrogen-bond donors (Lipinski definition) is 12. The summed E-state index contributed by atoms with van der Waals surface area (Å²) in [5.74, 6) is -7.31. The lowest BCUT2D eigenvalue weighted by Gasteiger charge is -2.48. The third kappa shape index (κ3) is 13.0. The lowest BCUT2D eigenvalue weighted by Crippen LogP contribution is -2.56. The van der Waals surface area contributed by atoms with E-state index in [0.717, 1.165) is 0 Å². The van der Waals surface area contributed by atoms with Crippen molar-refractivity contribution in [2.45, 2.75) is 175 Å². The van der Waals surface area contributed by atoms with Crippen LogP contribution >= 0.6 is 7.82 Å². The average Bonchev–Trinajstić information content (AvgIpc) is 1.54. The minimum atomic E-state index is -5.09. The number of hydrogen-bond acceptors (Lipinski definition) is 19. The maximum Gasteiger partial charge on any atom is 0.472 e. The van der Waals surface area contributed by atoms with Crippen molar-refractivity contribution in [3.8, 4) is 5.75 Å². The number of phenolic OH excluding ortho intramolecular Hbond substituents is 1. The molecule has 28 nitrogen and oxygen atoms in total. The molecule has 2 aromatic rings. The number of primary amides is 6. The van der Waals surface area contributed by atoms with Gasteiger partial charge in [0.25, 0.3) is 0 Å². The molecule has 15 unspecified atom stereocenters. The maximum atomic E-state index is 14.3. The number of carbonyl (C=O) groups excluding carboxylic acids is 7. The minimum absolute atomic E-state index is 0.0233. The van der Waals surface area contributed by atoms with E-state index in [2.05, 4.69) is 15.6 Å². The molecule has 6 aliphatic rings. The average molecular weight is 1260 g/mol. The highest BCUT2D eigenvalue weighted by Crippen LogP contribution is 2.63. The normalized spacial score (nSPS) is 33.6. The van der Waals surface area contributed by atoms with Crippen molar-refractivity contribution in [3.63, 3.8) is 0 Å². The second-order valence-corrected chi connectivity index (χ2v) is 27.7. The molecule has 18 N–H and O–H groups in total. The Labute approximate surface area is 515 Å². The molecule has 2 fully saturated rings. The van der Waals surface area contributed by atoms with E-state index in [1.165, 1.54) is 36.0 Å². The highest BCUT2D eigenvalue weighted by molar-refractivity contribution is 7.47. The standard InChI is InChI=1S/C60H86N13O15P/c1-28(87-89(84,85)88-51-39(26-74)86-55(50(51)83)73-27-68-37-20-31(75)10-14-38(37)73)25-67-47(82)18-19-57(6)35(21-44(64)79)54-60(9)59(8,24-46(66)81)34(13-17-43(63)78)49(72-60)30(3)53-58(7,23-45(65)80)32(11-15-41(61)76)36(69-53)22-40-56(4,5)33(12-16-42(62)77)48(70-40)29(2)52(57)71-54/h10,14,20,22,27-28,32-35,39,50-51,54-55,69,74-75,83H,11-13,15-19,21,23-26H2,1-9H3,(H2,61,76)(H2,62,77)(H2,63,78)(H2,64,79)(H2,65,80)(H2,66,81)(H,67,82)(H,84,85)/b36-22-,48-29-,53-30?. The molecular formula is C60H86N13O15P. The van der Waals surface area contributed by atoms with E-state index in [0.29, 0.717) is 56.4 Å². The van der Waals surface area contributed by atoms with Crippen LogP contribution in [0.25, 0.3) is 11.0 Å². The first-order chi connectivity index (χ1) is 41.4. The summed E-state index contributed by atoms with van der Waals surface area (Å²) in [5, 5.41) is 37.9. The van der Waals surface area contributed by atoms with Gasteiger partial charge in [-0.25, -0.2) is 9.55 Å². The Hall–Kier alpha value is -7.20. The van der Waals surface area contributed by atoms with Crippen LogP contribution in [0.2, 0.25) is 0 Å². The quantitative estimate of drug-likeness (QED) is 0.0601. The van der Waals surface area contributed by atoms with Crippen molar-refractivity contribution in [2.24, 2.45) is 94.7 Å². The number of nitrogens with one attached hydrogen (secondary N) is 2. The van der Waals surface area contributed by atoms with Crippen LogP contribution in [-0.4, -0.2) is 137 Å². The summed E-state index contributed by atoms with van der Waals surface area (Å²) in [7, 11) is -5.09. The van der Waals surface area contributed by atoms with Gasteiger partial charge in [0.15, 0.2) is 6.23 Å². The number of nitrogens with zero attached hydrogens (tertiary/aromatic N) is 5. The zero-order valence-electron chi connectivity index (χ0n) is 51.8. The molecule has 15 atom stereocenters. The van der Waals surface area contributed by atoms with Crippen molar-refractivity contribution in [2.75, 3.05) is 13.2 Å². The number of aliphatic hydroxyl groups excluding tert-OH is 2. The number of carbonyl (C=O) groups is 7. The van der Waals surface area contributed by atoms with Crippen LogP contribution < -0.4 is 45.0 Å². The van der Waals surface area contributed by atoms with Crippen LogP contribution in [0.5, 0.6) is 5.75 Å². The Morgan fingerprint density at radius 3 is 2.04 bits per heavy atom. The van der Waals surface area contributed by atoms with Crippen LogP contribution in [0.3, 0.4) is 0 Å². The third-order valence-electron chi connectivity index (χ3n) is 20.0. The van der Waals surface area contributed by atoms with E-state index in [9.17, 15) is 58.3 Å². The van der Waals surface area contributed by atoms with E-state index in [4.69, 9.17) is 63.2 Å². The molecule has 0 spiro atoms. The Morgan fingerprint density at radius 2 is 1.45 bits per heavy atom. The van der Waals surface area contributed by atoms with Gasteiger partial charge in [0.2, 0.25) is 41.4 Å². The van der Waals surface area contributed by atoms with Crippen molar-refractivity contribution < 1.29 is 72.1 Å². The van der Waals surface area contributed by atoms with E-state index in [-0.39, 0.29) is 82.9 Å². The molecule has 8 bridgehead atoms. The number of phosphoric ester groups is 1. The molecule has 0 saturated carbocycles. The third-order valence-corrected chi connectivity index (χ3v) is 21.1. The van der Waals surface area contributed by atoms with Gasteiger partial charge in [-0.1, -0.05) is 34.6 Å². The summed E-state index contributed by atoms with van der Waals surface area (Å²) in [4.78, 5) is 125. The zero-order valence-corrected chi connectivity index (χ0v) is 52.7. The Balaban J connectivity index is 1.20. The molecule has 89 heavy (non-hydrogen) atoms. The minimum Gasteiger partial charge on any atom is -0.508 e. The van der Waals surface area contributed by atoms with Gasteiger partial charge in [-0.3, -0.25) is 57.6 Å². The number of amides is 7. The van der Waals surface area contributed by atoms with Crippen LogP contribution in [0, 0.1) is 45.3 Å². The molecule has 0 radical (unpaired) electrons. The van der Waals surface area contributed by atoms with Gasteiger partial charge in [-0.2, -0.15) is 0 Å². The number of rotatable bonds is 26. The Morgan fingerprint density at radius 1 is 0.831 bits per heavy atom. The van der Waals surface area contributed by atoms with Crippen LogP contribution in [0.1, 0.15) is 139 Å². The summed E-state index contributed by atoms with van der Waals surface area (Å²) in [6.45, 7) is 15.3. The summed E-state index contributed by atoms with van der Waals surface area (Å²) in [6, 6.07) is 3.27. The van der Waals surface area contributed by atoms with Gasteiger partial charge in [0.1, 0.15) is 24.1 Å². The summed E-state index contributed by atoms with van der Waals surface area (Å²) in [5.41, 5.74) is 34.8. The molecule has 29 heteroatoms. The predicted octanol–water partition coefficient (Wildman–Crippen LogP) is 2.25. The molecule has 1 aromatic carbocycles. The molecule has 0 aliphatic carbocycles. The molecule has 7 heterocycles. The van der Waals surface area contributed by atoms with Crippen molar-refractivity contribution in [1.29, 1.82) is 0 Å². The van der Waals surface area contributed by atoms with Gasteiger partial charge < -0.3 is 74.6 Å².